The largest absolute Gasteiger partial charge is 0.481 e. The summed E-state index contributed by atoms with van der Waals surface area (Å²) in [7, 11) is 0. The molecule has 0 fully saturated rings. The fourth-order valence-corrected chi connectivity index (χ4v) is 3.37. The lowest BCUT2D eigenvalue weighted by atomic mass is 10.2. The summed E-state index contributed by atoms with van der Waals surface area (Å²) in [5.41, 5.74) is 55.6. The van der Waals surface area contributed by atoms with Gasteiger partial charge in [-0.05, 0) is 63.4 Å². The highest BCUT2D eigenvalue weighted by molar-refractivity contribution is 7.98. The van der Waals surface area contributed by atoms with Gasteiger partial charge in [0, 0.05) is 32.4 Å². The first kappa shape index (κ1) is 68.6. The van der Waals surface area contributed by atoms with Crippen LogP contribution >= 0.6 is 11.8 Å². The van der Waals surface area contributed by atoms with Crippen LogP contribution in [-0.4, -0.2) is 168 Å². The molecule has 0 spiro atoms. The molecule has 6 atom stereocenters. The number of nitrogens with zero attached hydrogens (tertiary/aromatic N) is 2. The van der Waals surface area contributed by atoms with E-state index in [2.05, 4.69) is 9.98 Å². The first-order valence-electron chi connectivity index (χ1n) is 18.1. The Kier molecular flexibility index (Phi) is 47.9. The van der Waals surface area contributed by atoms with Crippen LogP contribution in [0.4, 0.5) is 0 Å². The highest BCUT2D eigenvalue weighted by atomic mass is 32.2. The van der Waals surface area contributed by atoms with Crippen molar-refractivity contribution in [2.75, 3.05) is 25.1 Å². The Hall–Kier alpha value is -6.12. The summed E-state index contributed by atoms with van der Waals surface area (Å²) in [6.45, 7) is 0.840. The van der Waals surface area contributed by atoms with Gasteiger partial charge in [-0.1, -0.05) is 0 Å². The van der Waals surface area contributed by atoms with Crippen LogP contribution in [0, 0.1) is 0 Å². The number of carbonyl (C=O) groups is 9. The number of rotatable bonds is 26. The maximum atomic E-state index is 10.2. The standard InChI is InChI=1S/2C6H14N4O2.C5H10N2O3.2C5H9NO4.C5H11NO2S/c2*7-4(5(11)12)2-1-3-10-6(8)9;3*6-3(5(9)10)1-2-4(7)8;1-9-3-2-4(6)5(7)8/h2*4H,1-3,7H2,(H,11,12)(H4,8,9,10);3H,1-2,6H2,(H2,7,8)(H,9,10);2*3H,1-2,6H2,(H,7,8)(H,9,10);4H,2-3,6H2,1H3,(H,7,8)/t2*4-;3*3-;4-/m000100/s1. The van der Waals surface area contributed by atoms with Gasteiger partial charge in [-0.2, -0.15) is 11.8 Å². The van der Waals surface area contributed by atoms with Crippen LogP contribution in [0.15, 0.2) is 9.98 Å². The molecule has 0 aromatic heterocycles. The number of thioether (sulfide) groups is 1. The van der Waals surface area contributed by atoms with Crippen molar-refractivity contribution in [3.63, 3.8) is 0 Å². The van der Waals surface area contributed by atoms with E-state index in [1.54, 1.807) is 11.8 Å². The fourth-order valence-electron chi connectivity index (χ4n) is 2.88. The molecule has 0 aliphatic rings. The van der Waals surface area contributed by atoms with E-state index < -0.39 is 89.9 Å². The summed E-state index contributed by atoms with van der Waals surface area (Å²) < 4.78 is 0. The summed E-state index contributed by atoms with van der Waals surface area (Å²) >= 11 is 1.60. The lowest BCUT2D eigenvalue weighted by Crippen LogP contribution is -2.31. The zero-order chi connectivity index (χ0) is 50.8. The Bertz CT molecular complexity index is 1300. The Labute approximate surface area is 366 Å². The van der Waals surface area contributed by atoms with Crippen molar-refractivity contribution in [2.45, 2.75) is 107 Å². The molecular weight excluding hydrogens is 870 g/mol. The van der Waals surface area contributed by atoms with Gasteiger partial charge < -0.3 is 104 Å². The molecule has 1 amide bonds. The minimum Gasteiger partial charge on any atom is -0.481 e. The summed E-state index contributed by atoms with van der Waals surface area (Å²) in [4.78, 5) is 97.7. The second-order valence-corrected chi connectivity index (χ2v) is 13.2. The highest BCUT2D eigenvalue weighted by Gasteiger charge is 2.14. The third-order valence-corrected chi connectivity index (χ3v) is 7.16. The number of amides is 1. The maximum Gasteiger partial charge on any atom is 0.320 e. The van der Waals surface area contributed by atoms with Crippen molar-refractivity contribution in [3.05, 3.63) is 0 Å². The number of aliphatic imine (C=N–C) groups is 2. The average Bonchev–Trinajstić information content (AvgIpc) is 3.17. The summed E-state index contributed by atoms with van der Waals surface area (Å²) in [6, 6.07) is -5.42. The van der Waals surface area contributed by atoms with Gasteiger partial charge in [0.15, 0.2) is 11.9 Å². The minimum atomic E-state index is -1.17. The molecule has 0 aliphatic heterocycles. The monoisotopic (exact) mass is 937 g/mol. The zero-order valence-electron chi connectivity index (χ0n) is 34.8. The number of primary amides is 1. The molecule has 368 valence electrons. The molecule has 30 N–H and O–H groups in total. The van der Waals surface area contributed by atoms with Gasteiger partial charge in [-0.15, -0.1) is 0 Å². The molecule has 0 saturated heterocycles. The van der Waals surface area contributed by atoms with E-state index in [9.17, 15) is 43.2 Å². The number of hydrogen-bond acceptors (Lipinski definition) is 18. The van der Waals surface area contributed by atoms with Crippen LogP contribution in [0.1, 0.15) is 70.6 Å². The van der Waals surface area contributed by atoms with E-state index in [-0.39, 0.29) is 50.4 Å². The highest BCUT2D eigenvalue weighted by Crippen LogP contribution is 1.99. The Morgan fingerprint density at radius 1 is 0.413 bits per heavy atom. The van der Waals surface area contributed by atoms with E-state index in [0.717, 1.165) is 5.75 Å². The van der Waals surface area contributed by atoms with Gasteiger partial charge in [-0.3, -0.25) is 53.1 Å². The van der Waals surface area contributed by atoms with Gasteiger partial charge in [0.25, 0.3) is 0 Å². The van der Waals surface area contributed by atoms with Gasteiger partial charge in [0.1, 0.15) is 36.3 Å². The van der Waals surface area contributed by atoms with Crippen molar-refractivity contribution < 1.29 is 84.0 Å². The van der Waals surface area contributed by atoms with Crippen LogP contribution in [0.25, 0.3) is 0 Å². The van der Waals surface area contributed by atoms with E-state index in [0.29, 0.717) is 45.2 Å². The molecule has 0 saturated carbocycles. The molecule has 63 heavy (non-hydrogen) atoms. The number of hydrogen-bond donors (Lipinski definition) is 19. The SMILES string of the molecule is CSCC[C@H](N)C(=O)O.NC(=O)CC[C@H](N)C(=O)O.NC(N)=NCCC[C@H](N)C(=O)O.NC(N)=NCCC[C@H](N)C(=O)O.N[C@@H](CCC(=O)O)C(=O)O.N[C@H](CCC(=O)O)C(=O)O. The predicted molar refractivity (Wildman–Crippen MR) is 229 cm³/mol. The van der Waals surface area contributed by atoms with Crippen LogP contribution in [0.3, 0.4) is 0 Å². The average molecular weight is 938 g/mol. The Morgan fingerprint density at radius 3 is 0.857 bits per heavy atom. The van der Waals surface area contributed by atoms with Crippen LogP contribution in [-0.2, 0) is 43.2 Å². The van der Waals surface area contributed by atoms with E-state index in [1.807, 2.05) is 6.26 Å². The molecule has 0 unspecified atom stereocenters. The second-order valence-electron chi connectivity index (χ2n) is 12.2. The van der Waals surface area contributed by atoms with Crippen molar-refractivity contribution in [1.29, 1.82) is 0 Å². The molecule has 0 radical (unpaired) electrons. The number of carboxylic acids is 8. The first-order chi connectivity index (χ1) is 28.9. The molecule has 0 heterocycles. The van der Waals surface area contributed by atoms with Crippen molar-refractivity contribution in [2.24, 2.45) is 73.1 Å². The smallest absolute Gasteiger partial charge is 0.320 e. The molecule has 0 aromatic carbocycles. The third kappa shape index (κ3) is 62.7. The normalized spacial score (nSPS) is 12.4. The number of aliphatic carboxylic acids is 8. The zero-order valence-corrected chi connectivity index (χ0v) is 35.6. The van der Waals surface area contributed by atoms with Crippen molar-refractivity contribution in [1.82, 2.24) is 0 Å². The van der Waals surface area contributed by atoms with Crippen LogP contribution in [0.2, 0.25) is 0 Å². The molecular formula is C32H67N13O17S. The van der Waals surface area contributed by atoms with Crippen molar-refractivity contribution in [3.8, 4) is 0 Å². The third-order valence-electron chi connectivity index (χ3n) is 6.51. The molecule has 30 nitrogen and oxygen atoms in total. The number of guanidine groups is 2. The Balaban J connectivity index is -0.000000155. The van der Waals surface area contributed by atoms with Crippen LogP contribution < -0.4 is 63.1 Å². The first-order valence-corrected chi connectivity index (χ1v) is 19.5. The van der Waals surface area contributed by atoms with Gasteiger partial charge in [0.2, 0.25) is 5.91 Å². The molecule has 0 rings (SSSR count). The Morgan fingerprint density at radius 2 is 0.651 bits per heavy atom. The quantitative estimate of drug-likeness (QED) is 0.0218. The number of carbonyl (C=O) groups excluding carboxylic acids is 1. The summed E-state index contributed by atoms with van der Waals surface area (Å²) in [5.74, 6) is -8.11. The van der Waals surface area contributed by atoms with E-state index in [1.165, 1.54) is 0 Å². The minimum absolute atomic E-state index is 0.0129. The summed E-state index contributed by atoms with van der Waals surface area (Å²) in [5, 5.41) is 65.8. The van der Waals surface area contributed by atoms with E-state index >= 15 is 0 Å². The van der Waals surface area contributed by atoms with Gasteiger partial charge in [-0.25, -0.2) is 0 Å². The number of nitrogens with two attached hydrogens (primary N) is 11. The van der Waals surface area contributed by atoms with E-state index in [4.69, 9.17) is 104 Å². The summed E-state index contributed by atoms with van der Waals surface area (Å²) in [6.07, 6.45) is 4.06. The second kappa shape index (κ2) is 44.0. The molecule has 0 aliphatic carbocycles. The topological polar surface area (TPSA) is 626 Å². The van der Waals surface area contributed by atoms with Gasteiger partial charge in [0.05, 0.1) is 0 Å². The van der Waals surface area contributed by atoms with Gasteiger partial charge >= 0.3 is 47.8 Å². The van der Waals surface area contributed by atoms with Crippen molar-refractivity contribution >= 4 is 77.3 Å². The predicted octanol–water partition coefficient (Wildman–Crippen LogP) is -5.75. The maximum absolute atomic E-state index is 10.2. The molecule has 0 bridgehead atoms. The lowest BCUT2D eigenvalue weighted by Gasteiger charge is -2.03. The number of carboxylic acid groups (broad SMARTS) is 8. The molecule has 31 heteroatoms. The fraction of sp³-hybridized carbons (Fsp3) is 0.656. The molecule has 0 aromatic rings. The van der Waals surface area contributed by atoms with Crippen LogP contribution in [0.5, 0.6) is 0 Å². The lowest BCUT2D eigenvalue weighted by molar-refractivity contribution is -0.141.